The summed E-state index contributed by atoms with van der Waals surface area (Å²) in [5.74, 6) is 0. The van der Waals surface area contributed by atoms with Gasteiger partial charge in [-0.05, 0) is 49.7 Å². The Labute approximate surface area is 124 Å². The van der Waals surface area contributed by atoms with Gasteiger partial charge in [-0.15, -0.1) is 11.3 Å². The average Bonchev–Trinajstić information content (AvgIpc) is 2.77. The van der Waals surface area contributed by atoms with Crippen LogP contribution in [0.15, 0.2) is 35.7 Å². The zero-order chi connectivity index (χ0) is 13.7. The van der Waals surface area contributed by atoms with E-state index in [4.69, 9.17) is 11.6 Å². The molecule has 1 unspecified atom stereocenters. The summed E-state index contributed by atoms with van der Waals surface area (Å²) < 4.78 is 0. The second kappa shape index (κ2) is 7.09. The van der Waals surface area contributed by atoms with Crippen LogP contribution in [0.1, 0.15) is 34.9 Å². The largest absolute Gasteiger partial charge is 0.312 e. The SMILES string of the molecule is CNC(CCCc1ccccc1)c1scc(C)c1Cl. The average molecular weight is 294 g/mol. The molecule has 1 N–H and O–H groups in total. The van der Waals surface area contributed by atoms with E-state index in [0.717, 1.165) is 17.9 Å². The van der Waals surface area contributed by atoms with E-state index in [1.807, 2.05) is 7.05 Å². The van der Waals surface area contributed by atoms with E-state index in [2.05, 4.69) is 48.0 Å². The zero-order valence-corrected chi connectivity index (χ0v) is 13.0. The molecule has 3 heteroatoms. The van der Waals surface area contributed by atoms with E-state index in [9.17, 15) is 0 Å². The Kier molecular flexibility index (Phi) is 5.44. The highest BCUT2D eigenvalue weighted by Crippen LogP contribution is 2.34. The second-order valence-corrected chi connectivity index (χ2v) is 6.11. The van der Waals surface area contributed by atoms with Gasteiger partial charge in [-0.25, -0.2) is 0 Å². The Bertz CT molecular complexity index is 507. The zero-order valence-electron chi connectivity index (χ0n) is 11.4. The quantitative estimate of drug-likeness (QED) is 0.791. The summed E-state index contributed by atoms with van der Waals surface area (Å²) in [4.78, 5) is 1.27. The van der Waals surface area contributed by atoms with Gasteiger partial charge in [-0.2, -0.15) is 0 Å². The van der Waals surface area contributed by atoms with E-state index in [0.29, 0.717) is 6.04 Å². The molecule has 0 fully saturated rings. The van der Waals surface area contributed by atoms with Crippen LogP contribution in [0.5, 0.6) is 0 Å². The highest BCUT2D eigenvalue weighted by atomic mass is 35.5. The number of benzene rings is 1. The number of hydrogen-bond acceptors (Lipinski definition) is 2. The van der Waals surface area contributed by atoms with Crippen molar-refractivity contribution in [1.82, 2.24) is 5.32 Å². The molecule has 0 spiro atoms. The first-order chi connectivity index (χ1) is 9.22. The molecule has 2 aromatic rings. The molecule has 0 aliphatic rings. The Morgan fingerprint density at radius 1 is 1.26 bits per heavy atom. The summed E-state index contributed by atoms with van der Waals surface area (Å²) in [6.45, 7) is 2.07. The van der Waals surface area contributed by atoms with Crippen molar-refractivity contribution in [3.8, 4) is 0 Å². The summed E-state index contributed by atoms with van der Waals surface area (Å²) in [6, 6.07) is 11.0. The van der Waals surface area contributed by atoms with Crippen molar-refractivity contribution >= 4 is 22.9 Å². The van der Waals surface area contributed by atoms with Crippen LogP contribution in [0.25, 0.3) is 0 Å². The number of rotatable bonds is 6. The predicted octanol–water partition coefficient (Wildman–Crippen LogP) is 4.99. The van der Waals surface area contributed by atoms with Gasteiger partial charge in [0.15, 0.2) is 0 Å². The van der Waals surface area contributed by atoms with E-state index < -0.39 is 0 Å². The van der Waals surface area contributed by atoms with Crippen molar-refractivity contribution in [2.75, 3.05) is 7.05 Å². The molecule has 1 aromatic carbocycles. The van der Waals surface area contributed by atoms with Crippen molar-refractivity contribution in [3.05, 3.63) is 56.7 Å². The minimum atomic E-state index is 0.370. The number of thiophene rings is 1. The lowest BCUT2D eigenvalue weighted by Crippen LogP contribution is -2.15. The fourth-order valence-electron chi connectivity index (χ4n) is 2.25. The Morgan fingerprint density at radius 2 is 2.00 bits per heavy atom. The van der Waals surface area contributed by atoms with E-state index >= 15 is 0 Å². The Hall–Kier alpha value is -0.830. The van der Waals surface area contributed by atoms with Crippen LogP contribution in [0.3, 0.4) is 0 Å². The molecule has 0 aliphatic heterocycles. The van der Waals surface area contributed by atoms with Gasteiger partial charge in [-0.1, -0.05) is 41.9 Å². The van der Waals surface area contributed by atoms with Crippen molar-refractivity contribution in [1.29, 1.82) is 0 Å². The van der Waals surface area contributed by atoms with Crippen LogP contribution in [0.4, 0.5) is 0 Å². The third-order valence-corrected chi connectivity index (χ3v) is 5.22. The minimum absolute atomic E-state index is 0.370. The summed E-state index contributed by atoms with van der Waals surface area (Å²) in [5, 5.41) is 6.46. The van der Waals surface area contributed by atoms with Gasteiger partial charge in [0.25, 0.3) is 0 Å². The van der Waals surface area contributed by atoms with Crippen molar-refractivity contribution in [2.24, 2.45) is 0 Å². The molecule has 1 nitrogen and oxygen atoms in total. The molecule has 1 heterocycles. The van der Waals surface area contributed by atoms with Gasteiger partial charge >= 0.3 is 0 Å². The molecule has 0 aliphatic carbocycles. The van der Waals surface area contributed by atoms with Gasteiger partial charge in [0.05, 0.1) is 5.02 Å². The third kappa shape index (κ3) is 3.82. The van der Waals surface area contributed by atoms with Crippen molar-refractivity contribution < 1.29 is 0 Å². The summed E-state index contributed by atoms with van der Waals surface area (Å²) >= 11 is 8.11. The van der Waals surface area contributed by atoms with E-state index in [1.54, 1.807) is 11.3 Å². The molecule has 0 radical (unpaired) electrons. The summed E-state index contributed by atoms with van der Waals surface area (Å²) in [7, 11) is 2.01. The molecule has 1 atom stereocenters. The van der Waals surface area contributed by atoms with Crippen molar-refractivity contribution in [2.45, 2.75) is 32.2 Å². The first-order valence-electron chi connectivity index (χ1n) is 6.67. The lowest BCUT2D eigenvalue weighted by molar-refractivity contribution is 0.534. The van der Waals surface area contributed by atoms with Gasteiger partial charge in [0.2, 0.25) is 0 Å². The second-order valence-electron chi connectivity index (χ2n) is 4.82. The first kappa shape index (κ1) is 14.6. The normalized spacial score (nSPS) is 12.6. The highest BCUT2D eigenvalue weighted by Gasteiger charge is 2.15. The van der Waals surface area contributed by atoms with Crippen LogP contribution in [-0.2, 0) is 6.42 Å². The number of hydrogen-bond donors (Lipinski definition) is 1. The van der Waals surface area contributed by atoms with E-state index in [-0.39, 0.29) is 0 Å². The Morgan fingerprint density at radius 3 is 2.58 bits per heavy atom. The number of nitrogens with one attached hydrogen (secondary N) is 1. The van der Waals surface area contributed by atoms with Gasteiger partial charge in [0, 0.05) is 10.9 Å². The molecular weight excluding hydrogens is 274 g/mol. The monoisotopic (exact) mass is 293 g/mol. The summed E-state index contributed by atoms with van der Waals surface area (Å²) in [6.07, 6.45) is 3.41. The molecule has 1 aromatic heterocycles. The van der Waals surface area contributed by atoms with Crippen LogP contribution in [-0.4, -0.2) is 7.05 Å². The molecule has 0 bridgehead atoms. The lowest BCUT2D eigenvalue weighted by Gasteiger charge is -2.15. The maximum absolute atomic E-state index is 6.35. The topological polar surface area (TPSA) is 12.0 Å². The van der Waals surface area contributed by atoms with E-state index in [1.165, 1.54) is 22.4 Å². The standard InChI is InChI=1S/C16H20ClNS/c1-12-11-19-16(15(12)17)14(18-2)10-6-9-13-7-4-3-5-8-13/h3-5,7-8,11,14,18H,6,9-10H2,1-2H3. The van der Waals surface area contributed by atoms with Gasteiger partial charge < -0.3 is 5.32 Å². The fourth-order valence-corrected chi connectivity index (χ4v) is 3.72. The molecule has 0 amide bonds. The van der Waals surface area contributed by atoms with Crippen LogP contribution in [0.2, 0.25) is 5.02 Å². The molecule has 2 rings (SSSR count). The minimum Gasteiger partial charge on any atom is -0.312 e. The molecule has 0 saturated carbocycles. The molecular formula is C16H20ClNS. The van der Waals surface area contributed by atoms with Crippen LogP contribution < -0.4 is 5.32 Å². The highest BCUT2D eigenvalue weighted by molar-refractivity contribution is 7.10. The van der Waals surface area contributed by atoms with Gasteiger partial charge in [0.1, 0.15) is 0 Å². The first-order valence-corrected chi connectivity index (χ1v) is 7.92. The summed E-state index contributed by atoms with van der Waals surface area (Å²) in [5.41, 5.74) is 2.59. The fraction of sp³-hybridized carbons (Fsp3) is 0.375. The Balaban J connectivity index is 1.91. The smallest absolute Gasteiger partial charge is 0.0590 e. The predicted molar refractivity (Wildman–Crippen MR) is 85.2 cm³/mol. The van der Waals surface area contributed by atoms with Crippen LogP contribution in [0, 0.1) is 6.92 Å². The maximum Gasteiger partial charge on any atom is 0.0590 e. The number of halogens is 1. The lowest BCUT2D eigenvalue weighted by atomic mass is 10.0. The van der Waals surface area contributed by atoms with Crippen molar-refractivity contribution in [3.63, 3.8) is 0 Å². The van der Waals surface area contributed by atoms with Crippen LogP contribution >= 0.6 is 22.9 Å². The maximum atomic E-state index is 6.35. The molecule has 19 heavy (non-hydrogen) atoms. The molecule has 0 saturated heterocycles. The molecule has 102 valence electrons. The van der Waals surface area contributed by atoms with Gasteiger partial charge in [-0.3, -0.25) is 0 Å². The number of aryl methyl sites for hydroxylation is 2. The third-order valence-electron chi connectivity index (χ3n) is 3.39.